The Morgan fingerprint density at radius 1 is 1.60 bits per heavy atom. The van der Waals surface area contributed by atoms with Crippen LogP contribution in [-0.2, 0) is 9.53 Å². The highest BCUT2D eigenvalue weighted by Gasteiger charge is 2.43. The zero-order valence-electron chi connectivity index (χ0n) is 13.0. The first-order chi connectivity index (χ1) is 11.8. The molecule has 0 amide bonds. The molecule has 5 atom stereocenters. The van der Waals surface area contributed by atoms with Crippen molar-refractivity contribution in [3.63, 3.8) is 0 Å². The van der Waals surface area contributed by atoms with E-state index in [9.17, 15) is 19.8 Å². The number of carboxylic acid groups (broad SMARTS) is 1. The van der Waals surface area contributed by atoms with E-state index in [0.717, 1.165) is 0 Å². The van der Waals surface area contributed by atoms with Crippen molar-refractivity contribution in [3.05, 3.63) is 16.7 Å². The Morgan fingerprint density at radius 3 is 2.92 bits per heavy atom. The number of carbonyl (C=O) groups is 1. The van der Waals surface area contributed by atoms with Gasteiger partial charge in [0.2, 0.25) is 5.95 Å². The number of hydrogen-bond donors (Lipinski definition) is 6. The quantitative estimate of drug-likeness (QED) is 0.345. The fourth-order valence-electron chi connectivity index (χ4n) is 2.56. The lowest BCUT2D eigenvalue weighted by atomic mass is 10.2. The number of nitrogens with one attached hydrogen (secondary N) is 2. The number of aliphatic carboxylic acids is 1. The molecule has 1 aliphatic rings. The van der Waals surface area contributed by atoms with Crippen LogP contribution in [0.2, 0.25) is 0 Å². The molecule has 0 radical (unpaired) electrons. The molecule has 1 fully saturated rings. The predicted molar refractivity (Wildman–Crippen MR) is 88.6 cm³/mol. The minimum atomic E-state index is -1.11. The SMILES string of the molecule is CC(Nc1nc2c(ncn2[C@@H]2O[C@H](CO)[C@@H](O)[C@H]2S)c(=O)[nH]1)C(=O)O. The summed E-state index contributed by atoms with van der Waals surface area (Å²) in [5.41, 5.74) is -0.393. The van der Waals surface area contributed by atoms with Crippen LogP contribution in [0.15, 0.2) is 11.1 Å². The summed E-state index contributed by atoms with van der Waals surface area (Å²) in [4.78, 5) is 33.7. The van der Waals surface area contributed by atoms with Crippen molar-refractivity contribution in [1.82, 2.24) is 19.5 Å². The number of fused-ring (bicyclic) bond motifs is 1. The first-order valence-corrected chi connectivity index (χ1v) is 7.93. The normalized spacial score (nSPS) is 27.5. The van der Waals surface area contributed by atoms with Crippen molar-refractivity contribution in [3.8, 4) is 0 Å². The predicted octanol–water partition coefficient (Wildman–Crippen LogP) is -1.45. The molecule has 2 aromatic rings. The van der Waals surface area contributed by atoms with Crippen molar-refractivity contribution in [2.24, 2.45) is 0 Å². The van der Waals surface area contributed by atoms with Crippen molar-refractivity contribution >= 4 is 35.7 Å². The Kier molecular flexibility index (Phi) is 4.69. The first-order valence-electron chi connectivity index (χ1n) is 7.42. The molecule has 1 unspecified atom stereocenters. The molecule has 11 nitrogen and oxygen atoms in total. The maximum absolute atomic E-state index is 12.1. The number of aliphatic hydroxyl groups is 2. The zero-order valence-corrected chi connectivity index (χ0v) is 13.9. The van der Waals surface area contributed by atoms with Gasteiger partial charge in [-0.1, -0.05) is 0 Å². The molecule has 5 N–H and O–H groups in total. The molecule has 2 aromatic heterocycles. The number of aromatic amines is 1. The second kappa shape index (κ2) is 6.63. The minimum absolute atomic E-state index is 0.0274. The summed E-state index contributed by atoms with van der Waals surface area (Å²) in [6, 6.07) is -0.974. The number of rotatable bonds is 5. The van der Waals surface area contributed by atoms with Crippen LogP contribution in [0.5, 0.6) is 0 Å². The summed E-state index contributed by atoms with van der Waals surface area (Å²) in [6.07, 6.45) is -1.32. The largest absolute Gasteiger partial charge is 0.480 e. The summed E-state index contributed by atoms with van der Waals surface area (Å²) in [5, 5.41) is 30.1. The first kappa shape index (κ1) is 17.7. The second-order valence-electron chi connectivity index (χ2n) is 5.67. The molecular weight excluding hydrogens is 354 g/mol. The van der Waals surface area contributed by atoms with Crippen LogP contribution in [0.4, 0.5) is 5.95 Å². The monoisotopic (exact) mass is 371 g/mol. The summed E-state index contributed by atoms with van der Waals surface area (Å²) < 4.78 is 6.98. The smallest absolute Gasteiger partial charge is 0.325 e. The molecule has 3 rings (SSSR count). The van der Waals surface area contributed by atoms with Crippen LogP contribution in [-0.4, -0.2) is 70.9 Å². The van der Waals surface area contributed by atoms with Gasteiger partial charge in [0.15, 0.2) is 17.4 Å². The number of aliphatic hydroxyl groups excluding tert-OH is 2. The van der Waals surface area contributed by atoms with E-state index in [1.54, 1.807) is 0 Å². The maximum Gasteiger partial charge on any atom is 0.325 e. The molecule has 0 aromatic carbocycles. The number of thiol groups is 1. The highest BCUT2D eigenvalue weighted by Crippen LogP contribution is 2.34. The molecule has 25 heavy (non-hydrogen) atoms. The highest BCUT2D eigenvalue weighted by atomic mass is 32.1. The number of imidazole rings is 1. The fourth-order valence-corrected chi connectivity index (χ4v) is 2.96. The lowest BCUT2D eigenvalue weighted by molar-refractivity contribution is -0.137. The molecule has 0 saturated carbocycles. The summed E-state index contributed by atoms with van der Waals surface area (Å²) in [7, 11) is 0. The molecule has 1 saturated heterocycles. The van der Waals surface area contributed by atoms with Gasteiger partial charge in [0, 0.05) is 0 Å². The van der Waals surface area contributed by atoms with Crippen molar-refractivity contribution < 1.29 is 24.9 Å². The van der Waals surface area contributed by atoms with Gasteiger partial charge in [-0.05, 0) is 6.92 Å². The van der Waals surface area contributed by atoms with Crippen LogP contribution in [0.3, 0.4) is 0 Å². The fraction of sp³-hybridized carbons (Fsp3) is 0.538. The standard InChI is InChI=1S/C13H17N5O6S/c1-4(12(22)23)15-13-16-9-6(10(21)17-13)14-3-18(9)11-8(25)7(20)5(2-19)24-11/h3-5,7-8,11,19-20,25H,2H2,1H3,(H,22,23)(H2,15,16,17,21)/t4?,5-,7-,8-,11-/m1/s1. The van der Waals surface area contributed by atoms with E-state index in [0.29, 0.717) is 0 Å². The van der Waals surface area contributed by atoms with Crippen LogP contribution in [0, 0.1) is 0 Å². The lowest BCUT2D eigenvalue weighted by Gasteiger charge is -2.17. The van der Waals surface area contributed by atoms with E-state index in [1.165, 1.54) is 17.8 Å². The van der Waals surface area contributed by atoms with Crippen LogP contribution < -0.4 is 10.9 Å². The average Bonchev–Trinajstić information content (AvgIpc) is 3.10. The third-order valence-electron chi connectivity index (χ3n) is 3.95. The molecule has 0 bridgehead atoms. The Morgan fingerprint density at radius 2 is 2.32 bits per heavy atom. The van der Waals surface area contributed by atoms with Gasteiger partial charge in [0.25, 0.3) is 5.56 Å². The van der Waals surface area contributed by atoms with Crippen LogP contribution >= 0.6 is 12.6 Å². The van der Waals surface area contributed by atoms with E-state index in [-0.39, 0.29) is 17.1 Å². The van der Waals surface area contributed by atoms with Crippen LogP contribution in [0.1, 0.15) is 13.2 Å². The number of hydrogen-bond acceptors (Lipinski definition) is 9. The lowest BCUT2D eigenvalue weighted by Crippen LogP contribution is -2.30. The number of anilines is 1. The molecule has 0 spiro atoms. The second-order valence-corrected chi connectivity index (χ2v) is 6.27. The number of carboxylic acids is 1. The maximum atomic E-state index is 12.1. The topological polar surface area (TPSA) is 163 Å². The van der Waals surface area contributed by atoms with E-state index in [1.807, 2.05) is 0 Å². The number of nitrogens with zero attached hydrogens (tertiary/aromatic N) is 3. The summed E-state index contributed by atoms with van der Waals surface area (Å²) in [5.74, 6) is -1.15. The van der Waals surface area contributed by atoms with Gasteiger partial charge in [0.1, 0.15) is 12.1 Å². The Hall–Kier alpha value is -2.15. The Labute approximate surface area is 146 Å². The van der Waals surface area contributed by atoms with Crippen molar-refractivity contribution in [2.45, 2.75) is 36.7 Å². The molecule has 0 aliphatic carbocycles. The third kappa shape index (κ3) is 3.08. The Bertz CT molecular complexity index is 853. The van der Waals surface area contributed by atoms with E-state index < -0.39 is 47.9 Å². The summed E-state index contributed by atoms with van der Waals surface area (Å²) in [6.45, 7) is 1.01. The number of ether oxygens (including phenoxy) is 1. The van der Waals surface area contributed by atoms with Gasteiger partial charge in [-0.25, -0.2) is 4.98 Å². The molecule has 136 valence electrons. The summed E-state index contributed by atoms with van der Waals surface area (Å²) >= 11 is 4.30. The average molecular weight is 371 g/mol. The van der Waals surface area contributed by atoms with Gasteiger partial charge < -0.3 is 25.4 Å². The number of aromatic nitrogens is 4. The number of H-pyrrole nitrogens is 1. The zero-order chi connectivity index (χ0) is 18.3. The van der Waals surface area contributed by atoms with Gasteiger partial charge in [-0.2, -0.15) is 17.6 Å². The van der Waals surface area contributed by atoms with Gasteiger partial charge >= 0.3 is 5.97 Å². The molecular formula is C13H17N5O6S. The van der Waals surface area contributed by atoms with Crippen molar-refractivity contribution in [1.29, 1.82) is 0 Å². The molecule has 3 heterocycles. The van der Waals surface area contributed by atoms with E-state index in [4.69, 9.17) is 9.84 Å². The van der Waals surface area contributed by atoms with Crippen molar-refractivity contribution in [2.75, 3.05) is 11.9 Å². The Balaban J connectivity index is 2.01. The van der Waals surface area contributed by atoms with Gasteiger partial charge in [0.05, 0.1) is 24.3 Å². The van der Waals surface area contributed by atoms with E-state index >= 15 is 0 Å². The minimum Gasteiger partial charge on any atom is -0.480 e. The van der Waals surface area contributed by atoms with E-state index in [2.05, 4.69) is 32.9 Å². The van der Waals surface area contributed by atoms with Gasteiger partial charge in [-0.3, -0.25) is 19.1 Å². The molecule has 1 aliphatic heterocycles. The van der Waals surface area contributed by atoms with Gasteiger partial charge in [-0.15, -0.1) is 0 Å². The third-order valence-corrected chi connectivity index (χ3v) is 4.51. The van der Waals surface area contributed by atoms with Crippen LogP contribution in [0.25, 0.3) is 11.2 Å². The molecule has 12 heteroatoms. The highest BCUT2D eigenvalue weighted by molar-refractivity contribution is 7.81.